The number of para-hydroxylation sites is 1. The van der Waals surface area contributed by atoms with Crippen molar-refractivity contribution in [3.8, 4) is 17.1 Å². The van der Waals surface area contributed by atoms with E-state index in [0.717, 1.165) is 5.56 Å². The Kier molecular flexibility index (Phi) is 7.73. The summed E-state index contributed by atoms with van der Waals surface area (Å²) >= 11 is 0. The van der Waals surface area contributed by atoms with Gasteiger partial charge in [0.05, 0.1) is 29.6 Å². The third-order valence-corrected chi connectivity index (χ3v) is 5.50. The molecule has 0 aliphatic rings. The smallest absolute Gasteiger partial charge is 0.184 e. The van der Waals surface area contributed by atoms with E-state index in [4.69, 9.17) is 4.74 Å². The second-order valence-electron chi connectivity index (χ2n) is 8.68. The first-order valence-corrected chi connectivity index (χ1v) is 11.7. The first kappa shape index (κ1) is 25.7. The Labute approximate surface area is 214 Å². The number of carbonyl (C=O) groups excluding carboxylic acids is 1. The van der Waals surface area contributed by atoms with E-state index in [1.807, 2.05) is 37.2 Å². The van der Waals surface area contributed by atoms with Gasteiger partial charge in [-0.3, -0.25) is 9.48 Å². The summed E-state index contributed by atoms with van der Waals surface area (Å²) < 4.78 is 22.0. The average Bonchev–Trinajstić information content (AvgIpc) is 3.31. The maximum atomic E-state index is 14.7. The quantitative estimate of drug-likeness (QED) is 0.300. The van der Waals surface area contributed by atoms with Gasteiger partial charge in [-0.1, -0.05) is 13.0 Å². The lowest BCUT2D eigenvalue weighted by Gasteiger charge is -2.17. The number of Topliss-reactive ketones (excluding diaryl/α,β-unsaturated/α-hetero) is 1. The van der Waals surface area contributed by atoms with Crippen molar-refractivity contribution in [1.29, 1.82) is 0 Å². The summed E-state index contributed by atoms with van der Waals surface area (Å²) in [7, 11) is 7.14. The number of carbonyl (C=O) groups is 1. The molecule has 4 rings (SSSR count). The van der Waals surface area contributed by atoms with Crippen molar-refractivity contribution in [3.05, 3.63) is 66.0 Å². The van der Waals surface area contributed by atoms with Crippen LogP contribution in [0, 0.1) is 5.82 Å². The van der Waals surface area contributed by atoms with Crippen molar-refractivity contribution < 1.29 is 13.9 Å². The maximum absolute atomic E-state index is 14.7. The number of aromatic nitrogens is 5. The fourth-order valence-corrected chi connectivity index (χ4v) is 3.82. The van der Waals surface area contributed by atoms with Gasteiger partial charge in [0.1, 0.15) is 12.1 Å². The molecule has 192 valence electrons. The number of ether oxygens (including phenoxy) is 1. The van der Waals surface area contributed by atoms with Crippen molar-refractivity contribution in [2.24, 2.45) is 7.05 Å². The average molecular weight is 505 g/mol. The third kappa shape index (κ3) is 5.89. The summed E-state index contributed by atoms with van der Waals surface area (Å²) in [5, 5.41) is 10.6. The molecule has 0 bridgehead atoms. The predicted molar refractivity (Wildman–Crippen MR) is 140 cm³/mol. The van der Waals surface area contributed by atoms with Crippen LogP contribution in [0.4, 0.5) is 27.4 Å². The highest BCUT2D eigenvalue weighted by Gasteiger charge is 2.18. The molecule has 0 atom stereocenters. The van der Waals surface area contributed by atoms with Gasteiger partial charge in [0, 0.05) is 38.5 Å². The minimum atomic E-state index is -0.499. The van der Waals surface area contributed by atoms with E-state index in [2.05, 4.69) is 30.7 Å². The number of rotatable bonds is 10. The Morgan fingerprint density at radius 3 is 2.57 bits per heavy atom. The second kappa shape index (κ2) is 11.1. The van der Waals surface area contributed by atoms with Crippen molar-refractivity contribution >= 4 is 28.8 Å². The highest BCUT2D eigenvalue weighted by Crippen LogP contribution is 2.37. The second-order valence-corrected chi connectivity index (χ2v) is 8.68. The molecule has 1 aromatic carbocycles. The number of nitrogens with zero attached hydrogens (tertiary/aromatic N) is 6. The number of nitrogens with one attached hydrogen (secondary N) is 2. The van der Waals surface area contributed by atoms with Crippen LogP contribution in [0.15, 0.2) is 49.1 Å². The van der Waals surface area contributed by atoms with Gasteiger partial charge < -0.3 is 20.3 Å². The monoisotopic (exact) mass is 504 g/mol. The molecule has 0 saturated heterocycles. The summed E-state index contributed by atoms with van der Waals surface area (Å²) in [5.41, 5.74) is 2.92. The van der Waals surface area contributed by atoms with Crippen LogP contribution in [-0.2, 0) is 13.6 Å². The highest BCUT2D eigenvalue weighted by molar-refractivity contribution is 6.02. The molecule has 4 aromatic rings. The summed E-state index contributed by atoms with van der Waals surface area (Å²) in [6, 6.07) is 8.59. The number of anilines is 4. The molecule has 0 aliphatic carbocycles. The molecule has 11 heteroatoms. The van der Waals surface area contributed by atoms with Gasteiger partial charge in [0.15, 0.2) is 29.0 Å². The first-order chi connectivity index (χ1) is 17.8. The number of hydrogen-bond acceptors (Lipinski definition) is 9. The fraction of sp³-hybridized carbons (Fsp3) is 0.269. The zero-order chi connectivity index (χ0) is 26.5. The van der Waals surface area contributed by atoms with Gasteiger partial charge in [-0.15, -0.1) is 0 Å². The van der Waals surface area contributed by atoms with E-state index in [1.165, 1.54) is 12.3 Å². The molecule has 10 nitrogen and oxygen atoms in total. The topological polar surface area (TPSA) is 110 Å². The van der Waals surface area contributed by atoms with Crippen LogP contribution >= 0.6 is 0 Å². The summed E-state index contributed by atoms with van der Waals surface area (Å²) in [5.74, 6) is 0.782. The van der Waals surface area contributed by atoms with Crippen LogP contribution < -0.4 is 15.4 Å². The molecule has 0 spiro atoms. The van der Waals surface area contributed by atoms with Gasteiger partial charge in [-0.2, -0.15) is 5.10 Å². The molecule has 0 fully saturated rings. The van der Waals surface area contributed by atoms with Crippen LogP contribution in [0.25, 0.3) is 11.4 Å². The van der Waals surface area contributed by atoms with E-state index >= 15 is 0 Å². The van der Waals surface area contributed by atoms with Gasteiger partial charge in [-0.25, -0.2) is 19.3 Å². The fourth-order valence-electron chi connectivity index (χ4n) is 3.82. The van der Waals surface area contributed by atoms with E-state index in [-0.39, 0.29) is 11.6 Å². The molecule has 2 N–H and O–H groups in total. The summed E-state index contributed by atoms with van der Waals surface area (Å²) in [4.78, 5) is 27.5. The number of methoxy groups -OCH3 is 1. The Hall–Kier alpha value is -4.38. The van der Waals surface area contributed by atoms with Crippen molar-refractivity contribution in [3.63, 3.8) is 0 Å². The normalized spacial score (nSPS) is 11.0. The summed E-state index contributed by atoms with van der Waals surface area (Å²) in [6.07, 6.45) is 4.97. The third-order valence-electron chi connectivity index (χ3n) is 5.50. The van der Waals surface area contributed by atoms with Gasteiger partial charge >= 0.3 is 0 Å². The number of aryl methyl sites for hydroxylation is 1. The Bertz CT molecular complexity index is 1420. The van der Waals surface area contributed by atoms with Crippen molar-refractivity contribution in [2.75, 3.05) is 31.8 Å². The van der Waals surface area contributed by atoms with Gasteiger partial charge in [-0.05, 0) is 37.9 Å². The van der Waals surface area contributed by atoms with Crippen molar-refractivity contribution in [2.45, 2.75) is 19.9 Å². The molecular weight excluding hydrogens is 475 g/mol. The Balaban J connectivity index is 1.69. The maximum Gasteiger partial charge on any atom is 0.184 e. The number of hydrogen-bond donors (Lipinski definition) is 2. The van der Waals surface area contributed by atoms with E-state index in [0.29, 0.717) is 52.9 Å². The largest absolute Gasteiger partial charge is 0.494 e. The zero-order valence-corrected chi connectivity index (χ0v) is 21.4. The molecule has 0 radical (unpaired) electrons. The molecule has 0 unspecified atom stereocenters. The van der Waals surface area contributed by atoms with Crippen LogP contribution in [0.5, 0.6) is 5.75 Å². The minimum Gasteiger partial charge on any atom is -0.494 e. The lowest BCUT2D eigenvalue weighted by Crippen LogP contribution is -2.11. The molecule has 3 heterocycles. The SMILES string of the molecule is CCC(=O)c1cnc(Nc2ncc(CN(C)C)cc2F)cc1Nc1cccc(-c2ncn(C)n2)c1OC. The molecular formula is C26H29FN8O2. The van der Waals surface area contributed by atoms with Crippen LogP contribution in [0.3, 0.4) is 0 Å². The lowest BCUT2D eigenvalue weighted by molar-refractivity contribution is 0.0988. The zero-order valence-electron chi connectivity index (χ0n) is 21.4. The van der Waals surface area contributed by atoms with Gasteiger partial charge in [0.2, 0.25) is 0 Å². The van der Waals surface area contributed by atoms with Crippen LogP contribution in [-0.4, -0.2) is 56.6 Å². The molecule has 37 heavy (non-hydrogen) atoms. The lowest BCUT2D eigenvalue weighted by atomic mass is 10.1. The number of ketones is 1. The molecule has 0 saturated carbocycles. The predicted octanol–water partition coefficient (Wildman–Crippen LogP) is 4.56. The van der Waals surface area contributed by atoms with E-state index < -0.39 is 5.82 Å². The van der Waals surface area contributed by atoms with E-state index in [1.54, 1.807) is 44.4 Å². The van der Waals surface area contributed by atoms with Gasteiger partial charge in [0.25, 0.3) is 0 Å². The first-order valence-electron chi connectivity index (χ1n) is 11.7. The summed E-state index contributed by atoms with van der Waals surface area (Å²) in [6.45, 7) is 2.35. The molecule has 0 aliphatic heterocycles. The molecule has 0 amide bonds. The number of pyridine rings is 2. The minimum absolute atomic E-state index is 0.0383. The highest BCUT2D eigenvalue weighted by atomic mass is 19.1. The Morgan fingerprint density at radius 1 is 1.11 bits per heavy atom. The van der Waals surface area contributed by atoms with Crippen LogP contribution in [0.1, 0.15) is 29.3 Å². The molecule has 3 aromatic heterocycles. The number of benzene rings is 1. The van der Waals surface area contributed by atoms with E-state index in [9.17, 15) is 9.18 Å². The van der Waals surface area contributed by atoms with Crippen LogP contribution in [0.2, 0.25) is 0 Å². The Morgan fingerprint density at radius 2 is 1.92 bits per heavy atom. The van der Waals surface area contributed by atoms with Crippen molar-refractivity contribution in [1.82, 2.24) is 29.6 Å². The standard InChI is InChI=1S/C26H29FN8O2/c1-6-22(36)18-13-28-23(32-26-19(27)10-16(12-29-26)14-34(2)3)11-21(18)31-20-9-7-8-17(24(20)37-5)25-30-15-35(4)33-25/h7-13,15H,6,14H2,1-5H3,(H2,28,29,31,32). The number of halogens is 1.